The smallest absolute Gasteiger partial charge is 0.265 e. The molecule has 2 aromatic carbocycles. The lowest BCUT2D eigenvalue weighted by atomic mass is 9.87. The minimum atomic E-state index is -0.291. The number of aromatic nitrogens is 2. The normalized spacial score (nSPS) is 16.2. The number of benzene rings is 2. The van der Waals surface area contributed by atoms with Gasteiger partial charge in [0.05, 0.1) is 25.8 Å². The van der Waals surface area contributed by atoms with E-state index >= 15 is 0 Å². The highest BCUT2D eigenvalue weighted by Crippen LogP contribution is 2.38. The fourth-order valence-corrected chi connectivity index (χ4v) is 8.09. The Labute approximate surface area is 314 Å². The summed E-state index contributed by atoms with van der Waals surface area (Å²) in [7, 11) is 5.08. The van der Waals surface area contributed by atoms with Crippen LogP contribution in [0.5, 0.6) is 11.5 Å². The van der Waals surface area contributed by atoms with Crippen LogP contribution in [0.3, 0.4) is 0 Å². The summed E-state index contributed by atoms with van der Waals surface area (Å²) in [5, 5.41) is 12.2. The van der Waals surface area contributed by atoms with E-state index in [-0.39, 0.29) is 29.0 Å². The number of nitriles is 1. The van der Waals surface area contributed by atoms with Crippen LogP contribution in [0.4, 0.5) is 0 Å². The number of aryl methyl sites for hydroxylation is 2. The topological polar surface area (TPSA) is 121 Å². The molecule has 0 N–H and O–H groups in total. The van der Waals surface area contributed by atoms with Gasteiger partial charge in [0.25, 0.3) is 11.5 Å². The number of nitrogens with zero attached hydrogens (tertiary/aromatic N) is 6. The van der Waals surface area contributed by atoms with Crippen molar-refractivity contribution in [1.82, 2.24) is 24.3 Å². The summed E-state index contributed by atoms with van der Waals surface area (Å²) in [5.74, 6) is 1.28. The number of thiazole rings is 1. The van der Waals surface area contributed by atoms with Crippen LogP contribution in [-0.2, 0) is 36.0 Å². The van der Waals surface area contributed by atoms with Gasteiger partial charge >= 0.3 is 0 Å². The molecule has 0 aliphatic carbocycles. The molecule has 1 unspecified atom stereocenters. The predicted octanol–water partition coefficient (Wildman–Crippen LogP) is 5.47. The third-order valence-corrected chi connectivity index (χ3v) is 11.4. The van der Waals surface area contributed by atoms with Crippen molar-refractivity contribution in [1.29, 1.82) is 5.26 Å². The Kier molecular flexibility index (Phi) is 11.5. The van der Waals surface area contributed by atoms with Crippen molar-refractivity contribution >= 4 is 29.2 Å². The molecule has 0 bridgehead atoms. The molecule has 2 amide bonds. The second-order valence-corrected chi connectivity index (χ2v) is 14.6. The molecule has 0 spiro atoms. The SMILES string of the molecule is COc1cc(-c2cn(C)c(=O)c(C)c2C)cc(OC)c1CN1CCN(C(=O)CCc2cccc3c2CCN(C(=O)C(C#N)=Cc2nccs2)C3C)CC1. The molecule has 2 aliphatic rings. The van der Waals surface area contributed by atoms with Gasteiger partial charge in [0.1, 0.15) is 28.1 Å². The molecular weight excluding hydrogens is 689 g/mol. The molecule has 1 atom stereocenters. The number of hydrogen-bond donors (Lipinski definition) is 0. The van der Waals surface area contributed by atoms with Gasteiger partial charge in [0, 0.05) is 81.6 Å². The number of fused-ring (bicyclic) bond motifs is 1. The Hall–Kier alpha value is -5.25. The van der Waals surface area contributed by atoms with E-state index < -0.39 is 0 Å². The first-order valence-electron chi connectivity index (χ1n) is 17.9. The van der Waals surface area contributed by atoms with E-state index in [0.717, 1.165) is 58.0 Å². The number of rotatable bonds is 10. The van der Waals surface area contributed by atoms with Crippen LogP contribution in [0.25, 0.3) is 17.2 Å². The van der Waals surface area contributed by atoms with Crippen LogP contribution in [0.15, 0.2) is 58.5 Å². The fourth-order valence-electron chi connectivity index (χ4n) is 7.52. The third-order valence-electron chi connectivity index (χ3n) is 10.7. The Morgan fingerprint density at radius 3 is 2.42 bits per heavy atom. The van der Waals surface area contributed by atoms with Crippen LogP contribution in [0.2, 0.25) is 0 Å². The van der Waals surface area contributed by atoms with Gasteiger partial charge in [-0.05, 0) is 79.6 Å². The van der Waals surface area contributed by atoms with Gasteiger partial charge in [-0.3, -0.25) is 19.3 Å². The average molecular weight is 735 g/mol. The standard InChI is InChI=1S/C41H46N6O5S/c1-26-27(2)40(49)44(4)24-34(26)30-20-36(51-5)35(37(21-30)52-6)25-45-15-17-46(18-16-45)39(48)11-10-29-8-7-9-32-28(3)47(14-12-33(29)32)41(50)31(23-42)22-38-43-13-19-53-38/h7-9,13,19-22,24,28H,10-12,14-18,25H2,1-6H3. The van der Waals surface area contributed by atoms with Crippen molar-refractivity contribution in [2.75, 3.05) is 46.9 Å². The Morgan fingerprint density at radius 1 is 1.06 bits per heavy atom. The number of ether oxygens (including phenoxy) is 2. The number of carbonyl (C=O) groups excluding carboxylic acids is 2. The molecule has 276 valence electrons. The summed E-state index contributed by atoms with van der Waals surface area (Å²) < 4.78 is 13.3. The van der Waals surface area contributed by atoms with Gasteiger partial charge in [-0.2, -0.15) is 5.26 Å². The molecule has 0 saturated carbocycles. The first-order chi connectivity index (χ1) is 25.5. The maximum Gasteiger partial charge on any atom is 0.265 e. The monoisotopic (exact) mass is 734 g/mol. The van der Waals surface area contributed by atoms with E-state index in [1.54, 1.807) is 43.0 Å². The van der Waals surface area contributed by atoms with Crippen LogP contribution in [0, 0.1) is 25.2 Å². The summed E-state index contributed by atoms with van der Waals surface area (Å²) in [6.45, 7) is 9.64. The Morgan fingerprint density at radius 2 is 1.77 bits per heavy atom. The summed E-state index contributed by atoms with van der Waals surface area (Å²) in [5.41, 5.74) is 7.92. The third kappa shape index (κ3) is 7.77. The molecule has 11 nitrogen and oxygen atoms in total. The molecule has 2 aromatic heterocycles. The van der Waals surface area contributed by atoms with Gasteiger partial charge in [-0.1, -0.05) is 18.2 Å². The van der Waals surface area contributed by atoms with E-state index in [9.17, 15) is 19.6 Å². The van der Waals surface area contributed by atoms with Gasteiger partial charge in [0.15, 0.2) is 0 Å². The average Bonchev–Trinajstić information content (AvgIpc) is 3.70. The summed E-state index contributed by atoms with van der Waals surface area (Å²) in [6, 6.07) is 12.0. The number of amides is 2. The van der Waals surface area contributed by atoms with E-state index in [1.165, 1.54) is 16.9 Å². The van der Waals surface area contributed by atoms with Gasteiger partial charge in [0.2, 0.25) is 5.91 Å². The maximum atomic E-state index is 13.5. The lowest BCUT2D eigenvalue weighted by Crippen LogP contribution is -2.48. The van der Waals surface area contributed by atoms with E-state index in [4.69, 9.17) is 9.47 Å². The summed E-state index contributed by atoms with van der Waals surface area (Å²) in [6.07, 6.45) is 6.78. The molecule has 4 heterocycles. The lowest BCUT2D eigenvalue weighted by Gasteiger charge is -2.36. The zero-order valence-corrected chi connectivity index (χ0v) is 32.1. The highest BCUT2D eigenvalue weighted by molar-refractivity contribution is 7.10. The number of pyridine rings is 1. The zero-order chi connectivity index (χ0) is 37.8. The first kappa shape index (κ1) is 37.5. The molecule has 1 fully saturated rings. The molecule has 53 heavy (non-hydrogen) atoms. The molecule has 2 aliphatic heterocycles. The van der Waals surface area contributed by atoms with Crippen molar-refractivity contribution in [3.8, 4) is 28.7 Å². The minimum Gasteiger partial charge on any atom is -0.496 e. The number of piperazine rings is 1. The van der Waals surface area contributed by atoms with E-state index in [1.807, 2.05) is 61.5 Å². The lowest BCUT2D eigenvalue weighted by molar-refractivity contribution is -0.133. The number of hydrogen-bond acceptors (Lipinski definition) is 9. The van der Waals surface area contributed by atoms with E-state index in [2.05, 4.69) is 22.0 Å². The van der Waals surface area contributed by atoms with Crippen molar-refractivity contribution in [2.24, 2.45) is 7.05 Å². The number of carbonyl (C=O) groups is 2. The van der Waals surface area contributed by atoms with Crippen molar-refractivity contribution in [2.45, 2.75) is 52.6 Å². The number of methoxy groups -OCH3 is 2. The molecule has 12 heteroatoms. The minimum absolute atomic E-state index is 0.0112. The summed E-state index contributed by atoms with van der Waals surface area (Å²) in [4.78, 5) is 49.5. The molecule has 0 radical (unpaired) electrons. The quantitative estimate of drug-likeness (QED) is 0.155. The van der Waals surface area contributed by atoms with Crippen LogP contribution in [0.1, 0.15) is 57.8 Å². The molecular formula is C41H46N6O5S. The molecule has 1 saturated heterocycles. The zero-order valence-electron chi connectivity index (χ0n) is 31.3. The van der Waals surface area contributed by atoms with Crippen LogP contribution in [-0.4, -0.2) is 83.0 Å². The van der Waals surface area contributed by atoms with Crippen molar-refractivity contribution < 1.29 is 19.1 Å². The highest BCUT2D eigenvalue weighted by Gasteiger charge is 2.31. The molecule has 6 rings (SSSR count). The molecule has 4 aromatic rings. The van der Waals surface area contributed by atoms with Crippen molar-refractivity contribution in [3.63, 3.8) is 0 Å². The largest absolute Gasteiger partial charge is 0.496 e. The van der Waals surface area contributed by atoms with Gasteiger partial charge in [-0.15, -0.1) is 11.3 Å². The van der Waals surface area contributed by atoms with E-state index in [0.29, 0.717) is 56.0 Å². The maximum absolute atomic E-state index is 13.5. The Bertz CT molecular complexity index is 2120. The van der Waals surface area contributed by atoms with Gasteiger partial charge in [-0.25, -0.2) is 4.98 Å². The second-order valence-electron chi connectivity index (χ2n) is 13.7. The van der Waals surface area contributed by atoms with Crippen LogP contribution >= 0.6 is 11.3 Å². The fraction of sp³-hybridized carbons (Fsp3) is 0.390. The Balaban J connectivity index is 1.07. The van der Waals surface area contributed by atoms with Crippen LogP contribution < -0.4 is 15.0 Å². The second kappa shape index (κ2) is 16.2. The highest BCUT2D eigenvalue weighted by atomic mass is 32.1. The van der Waals surface area contributed by atoms with Gasteiger partial charge < -0.3 is 23.8 Å². The first-order valence-corrected chi connectivity index (χ1v) is 18.8. The summed E-state index contributed by atoms with van der Waals surface area (Å²) >= 11 is 1.38. The predicted molar refractivity (Wildman–Crippen MR) is 206 cm³/mol. The van der Waals surface area contributed by atoms with Crippen molar-refractivity contribution in [3.05, 3.63) is 102 Å².